The molecule has 4 heterocycles. The van der Waals surface area contributed by atoms with E-state index < -0.39 is 0 Å². The number of hydrogen-bond donors (Lipinski definition) is 1. The highest BCUT2D eigenvalue weighted by Gasteiger charge is 2.19. The first-order valence-corrected chi connectivity index (χ1v) is 10.8. The molecule has 9 nitrogen and oxygen atoms in total. The van der Waals surface area contributed by atoms with Crippen LogP contribution in [0.5, 0.6) is 0 Å². The molecule has 1 amide bonds. The predicted molar refractivity (Wildman–Crippen MR) is 125 cm³/mol. The molecule has 1 N–H and O–H groups in total. The summed E-state index contributed by atoms with van der Waals surface area (Å²) in [5.74, 6) is 0.717. The van der Waals surface area contributed by atoms with Crippen LogP contribution in [0.25, 0.3) is 33.9 Å². The summed E-state index contributed by atoms with van der Waals surface area (Å²) in [5.41, 5.74) is 1.65. The van der Waals surface area contributed by atoms with Crippen molar-refractivity contribution in [1.82, 2.24) is 25.0 Å². The molecule has 0 saturated carbocycles. The number of hydrogen-bond acceptors (Lipinski definition) is 7. The van der Waals surface area contributed by atoms with Crippen LogP contribution >= 0.6 is 11.6 Å². The Morgan fingerprint density at radius 1 is 1.12 bits per heavy atom. The van der Waals surface area contributed by atoms with Crippen LogP contribution in [0.15, 0.2) is 74.7 Å². The average molecular weight is 476 g/mol. The van der Waals surface area contributed by atoms with Crippen LogP contribution in [-0.2, 0) is 17.9 Å². The average Bonchev–Trinajstić information content (AvgIpc) is 3.52. The van der Waals surface area contributed by atoms with Crippen LogP contribution in [-0.4, -0.2) is 25.6 Å². The van der Waals surface area contributed by atoms with Gasteiger partial charge in [-0.15, -0.1) is 0 Å². The van der Waals surface area contributed by atoms with Gasteiger partial charge in [0.15, 0.2) is 0 Å². The zero-order valence-electron chi connectivity index (χ0n) is 18.0. The monoisotopic (exact) mass is 475 g/mol. The molecule has 5 rings (SSSR count). The minimum absolute atomic E-state index is 0.0437. The van der Waals surface area contributed by atoms with Crippen LogP contribution < -0.4 is 10.7 Å². The van der Waals surface area contributed by atoms with Gasteiger partial charge >= 0.3 is 0 Å². The Bertz CT molecular complexity index is 1540. The SMILES string of the molecule is Cc1ccc2c(=O)c(-c3nc(-c4ccc(Cl)cc4)no3)cn(CC(=O)NCc3ccco3)c2n1. The summed E-state index contributed by atoms with van der Waals surface area (Å²) < 4.78 is 12.3. The summed E-state index contributed by atoms with van der Waals surface area (Å²) in [6.07, 6.45) is 3.06. The van der Waals surface area contributed by atoms with Crippen molar-refractivity contribution in [3.63, 3.8) is 0 Å². The van der Waals surface area contributed by atoms with Crippen molar-refractivity contribution >= 4 is 28.5 Å². The smallest absolute Gasteiger partial charge is 0.263 e. The molecule has 0 aliphatic carbocycles. The number of amides is 1. The highest BCUT2D eigenvalue weighted by atomic mass is 35.5. The van der Waals surface area contributed by atoms with Gasteiger partial charge in [-0.1, -0.05) is 16.8 Å². The molecule has 34 heavy (non-hydrogen) atoms. The third-order valence-electron chi connectivity index (χ3n) is 5.17. The van der Waals surface area contributed by atoms with Gasteiger partial charge in [0.05, 0.1) is 18.2 Å². The second-order valence-corrected chi connectivity index (χ2v) is 8.05. The minimum atomic E-state index is -0.318. The summed E-state index contributed by atoms with van der Waals surface area (Å²) in [6.45, 7) is 1.99. The van der Waals surface area contributed by atoms with E-state index in [1.165, 1.54) is 6.20 Å². The predicted octanol–water partition coefficient (Wildman–Crippen LogP) is 3.98. The summed E-state index contributed by atoms with van der Waals surface area (Å²) in [4.78, 5) is 34.8. The largest absolute Gasteiger partial charge is 0.467 e. The third kappa shape index (κ3) is 4.33. The number of halogens is 1. The molecule has 0 aliphatic heterocycles. The van der Waals surface area contributed by atoms with Gasteiger partial charge in [0.25, 0.3) is 5.89 Å². The van der Waals surface area contributed by atoms with E-state index in [-0.39, 0.29) is 35.9 Å². The highest BCUT2D eigenvalue weighted by Crippen LogP contribution is 2.23. The number of aromatic nitrogens is 4. The van der Waals surface area contributed by atoms with E-state index in [1.54, 1.807) is 59.4 Å². The van der Waals surface area contributed by atoms with E-state index in [0.717, 1.165) is 0 Å². The lowest BCUT2D eigenvalue weighted by Gasteiger charge is -2.12. The number of benzene rings is 1. The lowest BCUT2D eigenvalue weighted by molar-refractivity contribution is -0.121. The Labute approximate surface area is 198 Å². The van der Waals surface area contributed by atoms with Crippen molar-refractivity contribution in [1.29, 1.82) is 0 Å². The third-order valence-corrected chi connectivity index (χ3v) is 5.43. The number of nitrogens with zero attached hydrogens (tertiary/aromatic N) is 4. The number of pyridine rings is 2. The molecule has 0 fully saturated rings. The molecule has 0 atom stereocenters. The lowest BCUT2D eigenvalue weighted by atomic mass is 10.1. The van der Waals surface area contributed by atoms with E-state index >= 15 is 0 Å². The Kier molecular flexibility index (Phi) is 5.69. The van der Waals surface area contributed by atoms with Crippen LogP contribution in [0.3, 0.4) is 0 Å². The van der Waals surface area contributed by atoms with Crippen molar-refractivity contribution in [3.8, 4) is 22.8 Å². The quantitative estimate of drug-likeness (QED) is 0.394. The normalized spacial score (nSPS) is 11.1. The minimum Gasteiger partial charge on any atom is -0.467 e. The highest BCUT2D eigenvalue weighted by molar-refractivity contribution is 6.30. The van der Waals surface area contributed by atoms with Crippen molar-refractivity contribution in [3.05, 3.63) is 87.7 Å². The first-order chi connectivity index (χ1) is 16.5. The molecule has 5 aromatic rings. The Hall–Kier alpha value is -4.24. The van der Waals surface area contributed by atoms with Gasteiger partial charge < -0.3 is 18.8 Å². The molecule has 0 radical (unpaired) electrons. The first-order valence-electron chi connectivity index (χ1n) is 10.4. The number of fused-ring (bicyclic) bond motifs is 1. The zero-order valence-corrected chi connectivity index (χ0v) is 18.7. The van der Waals surface area contributed by atoms with Gasteiger partial charge in [-0.3, -0.25) is 9.59 Å². The molecule has 4 aromatic heterocycles. The van der Waals surface area contributed by atoms with Gasteiger partial charge in [-0.2, -0.15) is 4.98 Å². The van der Waals surface area contributed by atoms with Crippen molar-refractivity contribution in [2.75, 3.05) is 0 Å². The summed E-state index contributed by atoms with van der Waals surface area (Å²) in [6, 6.07) is 13.9. The molecule has 0 bridgehead atoms. The van der Waals surface area contributed by atoms with Gasteiger partial charge in [-0.05, 0) is 55.5 Å². The number of aryl methyl sites for hydroxylation is 1. The van der Waals surface area contributed by atoms with E-state index in [0.29, 0.717) is 38.9 Å². The van der Waals surface area contributed by atoms with Crippen molar-refractivity contribution < 1.29 is 13.7 Å². The van der Waals surface area contributed by atoms with E-state index in [4.69, 9.17) is 20.5 Å². The first kappa shape index (κ1) is 21.6. The number of carbonyl (C=O) groups excluding carboxylic acids is 1. The van der Waals surface area contributed by atoms with E-state index in [9.17, 15) is 9.59 Å². The van der Waals surface area contributed by atoms with Gasteiger partial charge in [0.1, 0.15) is 23.5 Å². The maximum atomic E-state index is 13.2. The Morgan fingerprint density at radius 2 is 1.94 bits per heavy atom. The molecule has 0 aliphatic rings. The molecule has 10 heteroatoms. The van der Waals surface area contributed by atoms with Crippen molar-refractivity contribution in [2.45, 2.75) is 20.0 Å². The Morgan fingerprint density at radius 3 is 2.71 bits per heavy atom. The fourth-order valence-electron chi connectivity index (χ4n) is 3.49. The van der Waals surface area contributed by atoms with E-state index in [2.05, 4.69) is 20.4 Å². The Balaban J connectivity index is 1.52. The molecule has 0 spiro atoms. The second-order valence-electron chi connectivity index (χ2n) is 7.61. The van der Waals surface area contributed by atoms with E-state index in [1.807, 2.05) is 6.92 Å². The maximum absolute atomic E-state index is 13.2. The summed E-state index contributed by atoms with van der Waals surface area (Å²) in [5, 5.41) is 7.71. The number of furan rings is 1. The molecule has 170 valence electrons. The summed E-state index contributed by atoms with van der Waals surface area (Å²) in [7, 11) is 0. The molecule has 0 saturated heterocycles. The van der Waals surface area contributed by atoms with Crippen LogP contribution in [0.1, 0.15) is 11.5 Å². The second kappa shape index (κ2) is 8.95. The summed E-state index contributed by atoms with van der Waals surface area (Å²) >= 11 is 5.95. The van der Waals surface area contributed by atoms with Crippen LogP contribution in [0.2, 0.25) is 5.02 Å². The van der Waals surface area contributed by atoms with Gasteiger partial charge in [0.2, 0.25) is 17.2 Å². The fourth-order valence-corrected chi connectivity index (χ4v) is 3.62. The van der Waals surface area contributed by atoms with Crippen molar-refractivity contribution in [2.24, 2.45) is 0 Å². The number of carbonyl (C=O) groups is 1. The van der Waals surface area contributed by atoms with Gasteiger partial charge in [-0.25, -0.2) is 4.98 Å². The standard InChI is InChI=1S/C24H18ClN5O4/c1-14-4-9-18-21(32)19(24-28-22(29-34-24)15-5-7-16(25)8-6-15)12-30(23(18)27-14)13-20(31)26-11-17-3-2-10-33-17/h2-10,12H,11,13H2,1H3,(H,26,31). The topological polar surface area (TPSA) is 116 Å². The molecule has 0 unspecified atom stereocenters. The van der Waals surface area contributed by atoms with Crippen LogP contribution in [0, 0.1) is 6.92 Å². The maximum Gasteiger partial charge on any atom is 0.263 e. The number of rotatable bonds is 6. The lowest BCUT2D eigenvalue weighted by Crippen LogP contribution is -2.28. The van der Waals surface area contributed by atoms with Crippen LogP contribution in [0.4, 0.5) is 0 Å². The number of nitrogens with one attached hydrogen (secondary N) is 1. The van der Waals surface area contributed by atoms with Gasteiger partial charge in [0, 0.05) is 22.5 Å². The fraction of sp³-hybridized carbons (Fsp3) is 0.125. The molecule has 1 aromatic carbocycles. The molecular weight excluding hydrogens is 458 g/mol. The zero-order chi connectivity index (χ0) is 23.7. The molecular formula is C24H18ClN5O4.